The molecule has 0 saturated carbocycles. The van der Waals surface area contributed by atoms with Crippen LogP contribution in [0.4, 0.5) is 5.69 Å². The zero-order chi connectivity index (χ0) is 20.4. The van der Waals surface area contributed by atoms with Crippen molar-refractivity contribution in [1.82, 2.24) is 19.6 Å². The average Bonchev–Trinajstić information content (AvgIpc) is 3.29. The van der Waals surface area contributed by atoms with Crippen LogP contribution in [0.25, 0.3) is 5.65 Å². The van der Waals surface area contributed by atoms with E-state index in [1.54, 1.807) is 25.3 Å². The number of methoxy groups -OCH3 is 1. The lowest BCUT2D eigenvalue weighted by Crippen LogP contribution is -2.13. The fraction of sp³-hybridized carbons (Fsp3) is 0.150. The Morgan fingerprint density at radius 1 is 1.28 bits per heavy atom. The van der Waals surface area contributed by atoms with Crippen LogP contribution in [-0.2, 0) is 6.61 Å². The van der Waals surface area contributed by atoms with Crippen molar-refractivity contribution >= 4 is 33.2 Å². The van der Waals surface area contributed by atoms with Crippen LogP contribution in [0.1, 0.15) is 21.9 Å². The van der Waals surface area contributed by atoms with E-state index < -0.39 is 0 Å². The Kier molecular flexibility index (Phi) is 5.22. The molecule has 4 aromatic rings. The van der Waals surface area contributed by atoms with Crippen molar-refractivity contribution in [2.45, 2.75) is 13.5 Å². The molecule has 3 heterocycles. The Morgan fingerprint density at radius 2 is 2.14 bits per heavy atom. The molecule has 1 aromatic carbocycles. The van der Waals surface area contributed by atoms with Gasteiger partial charge in [-0.3, -0.25) is 9.89 Å². The molecule has 4 rings (SSSR count). The molecule has 0 aliphatic carbocycles. The molecule has 0 saturated heterocycles. The molecule has 0 bridgehead atoms. The number of rotatable bonds is 6. The van der Waals surface area contributed by atoms with E-state index in [0.717, 1.165) is 17.0 Å². The molecule has 8 nitrogen and oxygen atoms in total. The summed E-state index contributed by atoms with van der Waals surface area (Å²) in [5, 5.41) is 9.60. The monoisotopic (exact) mass is 455 g/mol. The predicted molar refractivity (Wildman–Crippen MR) is 111 cm³/mol. The van der Waals surface area contributed by atoms with E-state index in [4.69, 9.17) is 9.47 Å². The van der Waals surface area contributed by atoms with Crippen LogP contribution in [-0.4, -0.2) is 32.6 Å². The van der Waals surface area contributed by atoms with Gasteiger partial charge in [0.2, 0.25) is 0 Å². The number of anilines is 1. The fourth-order valence-electron chi connectivity index (χ4n) is 2.83. The maximum absolute atomic E-state index is 12.5. The highest BCUT2D eigenvalue weighted by atomic mass is 79.9. The van der Waals surface area contributed by atoms with Crippen LogP contribution in [0.15, 0.2) is 53.3 Å². The van der Waals surface area contributed by atoms with E-state index in [-0.39, 0.29) is 18.2 Å². The summed E-state index contributed by atoms with van der Waals surface area (Å²) in [5.41, 5.74) is 3.25. The summed E-state index contributed by atoms with van der Waals surface area (Å²) in [7, 11) is 1.56. The number of aromatic nitrogens is 4. The minimum Gasteiger partial charge on any atom is -0.493 e. The van der Waals surface area contributed by atoms with Crippen molar-refractivity contribution in [2.24, 2.45) is 0 Å². The topological polar surface area (TPSA) is 93.5 Å². The van der Waals surface area contributed by atoms with E-state index in [1.807, 2.05) is 41.9 Å². The Bertz CT molecular complexity index is 1150. The number of aromatic amines is 1. The van der Waals surface area contributed by atoms with Gasteiger partial charge in [0, 0.05) is 29.8 Å². The van der Waals surface area contributed by atoms with Crippen molar-refractivity contribution in [3.8, 4) is 11.5 Å². The van der Waals surface area contributed by atoms with Crippen LogP contribution >= 0.6 is 15.9 Å². The Hall–Kier alpha value is -3.33. The number of nitrogens with zero attached hydrogens (tertiary/aromatic N) is 3. The summed E-state index contributed by atoms with van der Waals surface area (Å²) >= 11 is 3.36. The predicted octanol–water partition coefficient (Wildman–Crippen LogP) is 3.97. The summed E-state index contributed by atoms with van der Waals surface area (Å²) in [6, 6.07) is 11.0. The van der Waals surface area contributed by atoms with Gasteiger partial charge in [-0.2, -0.15) is 5.10 Å². The zero-order valence-electron chi connectivity index (χ0n) is 15.8. The minimum atomic E-state index is -0.335. The molecule has 0 fully saturated rings. The smallest absolute Gasteiger partial charge is 0.277 e. The summed E-state index contributed by atoms with van der Waals surface area (Å²) in [4.78, 5) is 17.0. The number of aryl methyl sites for hydroxylation is 1. The fourth-order valence-corrected chi connectivity index (χ4v) is 3.19. The SMILES string of the molecule is COc1ccc(NC(=O)c2n[nH]c(C)c2Br)cc1OCc1cn2ccccc2n1. The average molecular weight is 456 g/mol. The van der Waals surface area contributed by atoms with Gasteiger partial charge in [-0.25, -0.2) is 4.98 Å². The number of ether oxygens (including phenoxy) is 2. The molecule has 0 atom stereocenters. The maximum Gasteiger partial charge on any atom is 0.277 e. The number of imidazole rings is 1. The molecule has 2 N–H and O–H groups in total. The number of hydrogen-bond acceptors (Lipinski definition) is 5. The lowest BCUT2D eigenvalue weighted by molar-refractivity contribution is 0.102. The quantitative estimate of drug-likeness (QED) is 0.458. The van der Waals surface area contributed by atoms with Crippen LogP contribution in [0, 0.1) is 6.92 Å². The van der Waals surface area contributed by atoms with Gasteiger partial charge in [0.15, 0.2) is 17.2 Å². The number of nitrogens with one attached hydrogen (secondary N) is 2. The van der Waals surface area contributed by atoms with Gasteiger partial charge in [0.25, 0.3) is 5.91 Å². The van der Waals surface area contributed by atoms with Crippen LogP contribution in [0.5, 0.6) is 11.5 Å². The van der Waals surface area contributed by atoms with Gasteiger partial charge in [-0.05, 0) is 47.1 Å². The van der Waals surface area contributed by atoms with Crippen LogP contribution < -0.4 is 14.8 Å². The van der Waals surface area contributed by atoms with Gasteiger partial charge in [0.05, 0.1) is 17.3 Å². The van der Waals surface area contributed by atoms with Gasteiger partial charge >= 0.3 is 0 Å². The van der Waals surface area contributed by atoms with E-state index in [1.165, 1.54) is 0 Å². The van der Waals surface area contributed by atoms with E-state index >= 15 is 0 Å². The van der Waals surface area contributed by atoms with Crippen molar-refractivity contribution in [3.63, 3.8) is 0 Å². The summed E-state index contributed by atoms with van der Waals surface area (Å²) in [6.07, 6.45) is 3.84. The second kappa shape index (κ2) is 7.96. The van der Waals surface area contributed by atoms with Gasteiger partial charge in [-0.1, -0.05) is 6.07 Å². The lowest BCUT2D eigenvalue weighted by atomic mass is 10.2. The number of carbonyl (C=O) groups is 1. The van der Waals surface area contributed by atoms with Crippen LogP contribution in [0.3, 0.4) is 0 Å². The molecule has 1 amide bonds. The molecule has 148 valence electrons. The number of pyridine rings is 1. The molecule has 0 aliphatic rings. The second-order valence-electron chi connectivity index (χ2n) is 6.32. The number of benzene rings is 1. The van der Waals surface area contributed by atoms with E-state index in [2.05, 4.69) is 36.4 Å². The van der Waals surface area contributed by atoms with Gasteiger partial charge < -0.3 is 19.2 Å². The molecule has 3 aromatic heterocycles. The first-order valence-corrected chi connectivity index (χ1v) is 9.59. The van der Waals surface area contributed by atoms with Crippen molar-refractivity contribution < 1.29 is 14.3 Å². The molecule has 0 aliphatic heterocycles. The Morgan fingerprint density at radius 3 is 2.86 bits per heavy atom. The number of fused-ring (bicyclic) bond motifs is 1. The minimum absolute atomic E-state index is 0.263. The second-order valence-corrected chi connectivity index (χ2v) is 7.11. The highest BCUT2D eigenvalue weighted by Gasteiger charge is 2.17. The molecule has 29 heavy (non-hydrogen) atoms. The summed E-state index contributed by atoms with van der Waals surface area (Å²) < 4.78 is 13.8. The first-order chi connectivity index (χ1) is 14.0. The molecule has 9 heteroatoms. The lowest BCUT2D eigenvalue weighted by Gasteiger charge is -2.12. The Balaban J connectivity index is 1.51. The zero-order valence-corrected chi connectivity index (χ0v) is 17.4. The summed E-state index contributed by atoms with van der Waals surface area (Å²) in [6.45, 7) is 2.09. The number of amides is 1. The van der Waals surface area contributed by atoms with Crippen molar-refractivity contribution in [3.05, 3.63) is 70.3 Å². The molecule has 0 radical (unpaired) electrons. The molecule has 0 unspecified atom stereocenters. The first kappa shape index (κ1) is 19.0. The molecular formula is C20H18BrN5O3. The molecule has 0 spiro atoms. The number of H-pyrrole nitrogens is 1. The van der Waals surface area contributed by atoms with Crippen molar-refractivity contribution in [2.75, 3.05) is 12.4 Å². The van der Waals surface area contributed by atoms with Gasteiger partial charge in [0.1, 0.15) is 12.3 Å². The molecular weight excluding hydrogens is 438 g/mol. The van der Waals surface area contributed by atoms with E-state index in [9.17, 15) is 4.79 Å². The summed E-state index contributed by atoms with van der Waals surface area (Å²) in [5.74, 6) is 0.723. The van der Waals surface area contributed by atoms with E-state index in [0.29, 0.717) is 21.7 Å². The third kappa shape index (κ3) is 3.95. The number of halogens is 1. The third-order valence-electron chi connectivity index (χ3n) is 4.30. The highest BCUT2D eigenvalue weighted by Crippen LogP contribution is 2.31. The first-order valence-electron chi connectivity index (χ1n) is 8.80. The number of hydrogen-bond donors (Lipinski definition) is 2. The highest BCUT2D eigenvalue weighted by molar-refractivity contribution is 9.10. The van der Waals surface area contributed by atoms with Crippen LogP contribution in [0.2, 0.25) is 0 Å². The number of carbonyl (C=O) groups excluding carboxylic acids is 1. The van der Waals surface area contributed by atoms with Crippen molar-refractivity contribution in [1.29, 1.82) is 0 Å². The Labute approximate surface area is 175 Å². The maximum atomic E-state index is 12.5. The third-order valence-corrected chi connectivity index (χ3v) is 5.27. The van der Waals surface area contributed by atoms with Gasteiger partial charge in [-0.15, -0.1) is 0 Å². The largest absolute Gasteiger partial charge is 0.493 e. The normalized spacial score (nSPS) is 10.9. The standard InChI is InChI=1S/C20H18BrN5O3/c1-12-18(21)19(25-24-12)20(27)23-13-6-7-15(28-2)16(9-13)29-11-14-10-26-8-4-3-5-17(26)22-14/h3-10H,11H2,1-2H3,(H,23,27)(H,24,25).